The quantitative estimate of drug-likeness (QED) is 0.906. The highest BCUT2D eigenvalue weighted by Gasteiger charge is 2.29. The summed E-state index contributed by atoms with van der Waals surface area (Å²) in [5.74, 6) is -0.0959. The van der Waals surface area contributed by atoms with E-state index >= 15 is 0 Å². The monoisotopic (exact) mass is 247 g/mol. The third-order valence-corrected chi connectivity index (χ3v) is 2.92. The van der Waals surface area contributed by atoms with Crippen LogP contribution in [0, 0.1) is 5.82 Å². The molecule has 0 radical (unpaired) electrons. The molecule has 3 nitrogen and oxygen atoms in total. The number of methoxy groups -OCH3 is 1. The normalized spacial score (nSPS) is 14.0. The van der Waals surface area contributed by atoms with Crippen molar-refractivity contribution >= 4 is 0 Å². The summed E-state index contributed by atoms with van der Waals surface area (Å²) < 4.78 is 18.9. The Morgan fingerprint density at radius 2 is 2.11 bits per heavy atom. The number of nitrogens with zero attached hydrogens (tertiary/aromatic N) is 1. The fourth-order valence-corrected chi connectivity index (χ4v) is 1.82. The Morgan fingerprint density at radius 3 is 2.67 bits per heavy atom. The fraction of sp³-hybridized carbons (Fsp3) is 0.214. The summed E-state index contributed by atoms with van der Waals surface area (Å²) in [7, 11) is 1.47. The predicted molar refractivity (Wildman–Crippen MR) is 65.9 cm³/mol. The van der Waals surface area contributed by atoms with Crippen LogP contribution in [0.3, 0.4) is 0 Å². The Morgan fingerprint density at radius 1 is 1.33 bits per heavy atom. The first-order valence-corrected chi connectivity index (χ1v) is 5.52. The van der Waals surface area contributed by atoms with Gasteiger partial charge in [0.05, 0.1) is 7.11 Å². The summed E-state index contributed by atoms with van der Waals surface area (Å²) in [6.45, 7) is 1.54. The molecule has 1 N–H and O–H groups in total. The molecule has 0 aliphatic carbocycles. The second-order valence-corrected chi connectivity index (χ2v) is 4.16. The van der Waals surface area contributed by atoms with Crippen LogP contribution in [0.4, 0.5) is 4.39 Å². The van der Waals surface area contributed by atoms with Gasteiger partial charge in [-0.15, -0.1) is 0 Å². The van der Waals surface area contributed by atoms with Crippen molar-refractivity contribution in [1.29, 1.82) is 0 Å². The van der Waals surface area contributed by atoms with Gasteiger partial charge in [-0.25, -0.2) is 4.39 Å². The van der Waals surface area contributed by atoms with Gasteiger partial charge in [0.2, 0.25) is 0 Å². The molecule has 1 aromatic heterocycles. The first-order chi connectivity index (χ1) is 8.55. The summed E-state index contributed by atoms with van der Waals surface area (Å²) in [6, 6.07) is 7.78. The van der Waals surface area contributed by atoms with Crippen molar-refractivity contribution in [3.8, 4) is 5.75 Å². The van der Waals surface area contributed by atoms with Crippen LogP contribution in [-0.4, -0.2) is 17.2 Å². The molecule has 2 aromatic rings. The van der Waals surface area contributed by atoms with Crippen LogP contribution in [0.5, 0.6) is 5.75 Å². The number of aliphatic hydroxyl groups is 1. The average molecular weight is 247 g/mol. The minimum absolute atomic E-state index is 0.191. The molecule has 94 valence electrons. The van der Waals surface area contributed by atoms with E-state index in [0.29, 0.717) is 11.3 Å². The Hall–Kier alpha value is -1.94. The Kier molecular flexibility index (Phi) is 3.30. The number of hydrogen-bond donors (Lipinski definition) is 1. The number of benzene rings is 1. The number of halogens is 1. The van der Waals surface area contributed by atoms with Gasteiger partial charge >= 0.3 is 0 Å². The summed E-state index contributed by atoms with van der Waals surface area (Å²) in [6.07, 6.45) is 3.12. The lowest BCUT2D eigenvalue weighted by Gasteiger charge is -2.24. The minimum atomic E-state index is -1.43. The highest BCUT2D eigenvalue weighted by molar-refractivity contribution is 5.38. The van der Waals surface area contributed by atoms with Crippen LogP contribution in [0.15, 0.2) is 42.7 Å². The largest absolute Gasteiger partial charge is 0.497 e. The lowest BCUT2D eigenvalue weighted by Crippen LogP contribution is -2.24. The van der Waals surface area contributed by atoms with Crippen LogP contribution >= 0.6 is 0 Å². The van der Waals surface area contributed by atoms with Gasteiger partial charge in [0.1, 0.15) is 17.2 Å². The highest BCUT2D eigenvalue weighted by Crippen LogP contribution is 2.31. The second kappa shape index (κ2) is 4.74. The Labute approximate surface area is 105 Å². The maximum atomic E-state index is 14.0. The third kappa shape index (κ3) is 2.19. The van der Waals surface area contributed by atoms with Crippen molar-refractivity contribution in [2.45, 2.75) is 12.5 Å². The molecule has 0 saturated heterocycles. The minimum Gasteiger partial charge on any atom is -0.497 e. The number of pyridine rings is 1. The molecule has 1 atom stereocenters. The van der Waals surface area contributed by atoms with Crippen LogP contribution < -0.4 is 4.74 Å². The molecule has 0 bridgehead atoms. The molecule has 2 rings (SSSR count). The SMILES string of the molecule is COc1ccc(C(C)(O)c2cccnc2)c(F)c1. The molecule has 0 saturated carbocycles. The third-order valence-electron chi connectivity index (χ3n) is 2.92. The molecule has 18 heavy (non-hydrogen) atoms. The Bertz CT molecular complexity index is 541. The van der Waals surface area contributed by atoms with Gasteiger partial charge < -0.3 is 9.84 Å². The maximum Gasteiger partial charge on any atom is 0.133 e. The molecule has 0 amide bonds. The molecule has 0 aliphatic rings. The molecule has 1 aromatic carbocycles. The van der Waals surface area contributed by atoms with Crippen molar-refractivity contribution in [1.82, 2.24) is 4.98 Å². The number of hydrogen-bond acceptors (Lipinski definition) is 3. The fourth-order valence-electron chi connectivity index (χ4n) is 1.82. The summed E-state index contributed by atoms with van der Waals surface area (Å²) in [4.78, 5) is 3.93. The lowest BCUT2D eigenvalue weighted by atomic mass is 9.89. The van der Waals surface area contributed by atoms with Crippen molar-refractivity contribution < 1.29 is 14.2 Å². The van der Waals surface area contributed by atoms with Gasteiger partial charge in [0.25, 0.3) is 0 Å². The van der Waals surface area contributed by atoms with Crippen molar-refractivity contribution in [3.63, 3.8) is 0 Å². The number of ether oxygens (including phenoxy) is 1. The van der Waals surface area contributed by atoms with Gasteiger partial charge in [0.15, 0.2) is 0 Å². The molecule has 1 heterocycles. The van der Waals surface area contributed by atoms with Crippen LogP contribution in [-0.2, 0) is 5.60 Å². The summed E-state index contributed by atoms with van der Waals surface area (Å²) in [5, 5.41) is 10.5. The summed E-state index contributed by atoms with van der Waals surface area (Å²) >= 11 is 0. The first kappa shape index (κ1) is 12.5. The van der Waals surface area contributed by atoms with E-state index in [4.69, 9.17) is 4.74 Å². The second-order valence-electron chi connectivity index (χ2n) is 4.16. The van der Waals surface area contributed by atoms with Crippen molar-refractivity contribution in [3.05, 3.63) is 59.7 Å². The zero-order valence-electron chi connectivity index (χ0n) is 10.2. The van der Waals surface area contributed by atoms with Crippen LogP contribution in [0.25, 0.3) is 0 Å². The first-order valence-electron chi connectivity index (χ1n) is 5.52. The van der Waals surface area contributed by atoms with Gasteiger partial charge in [-0.2, -0.15) is 0 Å². The molecule has 4 heteroatoms. The Balaban J connectivity index is 2.48. The predicted octanol–water partition coefficient (Wildman–Crippen LogP) is 2.49. The molecule has 0 fully saturated rings. The van der Waals surface area contributed by atoms with E-state index in [1.165, 1.54) is 32.4 Å². The van der Waals surface area contributed by atoms with E-state index in [0.717, 1.165) is 0 Å². The van der Waals surface area contributed by atoms with Gasteiger partial charge in [-0.3, -0.25) is 4.98 Å². The number of rotatable bonds is 3. The molecular formula is C14H14FNO2. The standard InChI is InChI=1S/C14H14FNO2/c1-14(17,10-4-3-7-16-9-10)12-6-5-11(18-2)8-13(12)15/h3-9,17H,1-2H3. The lowest BCUT2D eigenvalue weighted by molar-refractivity contribution is 0.0975. The van der Waals surface area contributed by atoms with Crippen molar-refractivity contribution in [2.24, 2.45) is 0 Å². The molecule has 1 unspecified atom stereocenters. The van der Waals surface area contributed by atoms with E-state index in [2.05, 4.69) is 4.98 Å². The van der Waals surface area contributed by atoms with E-state index in [9.17, 15) is 9.50 Å². The van der Waals surface area contributed by atoms with E-state index in [1.54, 1.807) is 24.4 Å². The van der Waals surface area contributed by atoms with E-state index < -0.39 is 11.4 Å². The average Bonchev–Trinajstić information content (AvgIpc) is 2.39. The molecule has 0 aliphatic heterocycles. The smallest absolute Gasteiger partial charge is 0.133 e. The van der Waals surface area contributed by atoms with Gasteiger partial charge in [-0.05, 0) is 25.1 Å². The topological polar surface area (TPSA) is 42.4 Å². The maximum absolute atomic E-state index is 14.0. The van der Waals surface area contributed by atoms with Crippen LogP contribution in [0.1, 0.15) is 18.1 Å². The van der Waals surface area contributed by atoms with Crippen molar-refractivity contribution in [2.75, 3.05) is 7.11 Å². The van der Waals surface area contributed by atoms with E-state index in [-0.39, 0.29) is 5.56 Å². The zero-order chi connectivity index (χ0) is 13.2. The molecular weight excluding hydrogens is 233 g/mol. The summed E-state index contributed by atoms with van der Waals surface area (Å²) in [5.41, 5.74) is -0.699. The van der Waals surface area contributed by atoms with E-state index in [1.807, 2.05) is 0 Å². The number of aromatic nitrogens is 1. The highest BCUT2D eigenvalue weighted by atomic mass is 19.1. The molecule has 0 spiro atoms. The van der Waals surface area contributed by atoms with Gasteiger partial charge in [-0.1, -0.05) is 6.07 Å². The zero-order valence-corrected chi connectivity index (χ0v) is 10.2. The van der Waals surface area contributed by atoms with Gasteiger partial charge in [0, 0.05) is 29.6 Å². The van der Waals surface area contributed by atoms with Crippen LogP contribution in [0.2, 0.25) is 0 Å².